The van der Waals surface area contributed by atoms with Crippen molar-refractivity contribution in [1.82, 2.24) is 15.3 Å². The summed E-state index contributed by atoms with van der Waals surface area (Å²) >= 11 is 0. The lowest BCUT2D eigenvalue weighted by atomic mass is 10.1. The normalized spacial score (nSPS) is 13.9. The number of anilines is 2. The van der Waals surface area contributed by atoms with Gasteiger partial charge in [0.1, 0.15) is 23.1 Å². The second-order valence-electron chi connectivity index (χ2n) is 7.22. The van der Waals surface area contributed by atoms with Crippen molar-refractivity contribution in [3.8, 4) is 5.75 Å². The molecule has 3 aromatic rings. The monoisotopic (exact) mass is 403 g/mol. The standard InChI is InChI=1S/C23H25N5O2/c29-19-9-7-18(8-10-19)11-13-25-23(30)20-4-3-6-22(26-20)28-16-14-27(15-17-28)21-5-1-2-12-24-21/h1-10,12,29H,11,13-17H2,(H,25,30). The Labute approximate surface area is 176 Å². The third kappa shape index (κ3) is 4.86. The fraction of sp³-hybridized carbons (Fsp3) is 0.261. The Balaban J connectivity index is 1.31. The molecular formula is C23H25N5O2. The number of amides is 1. The van der Waals surface area contributed by atoms with E-state index in [4.69, 9.17) is 0 Å². The summed E-state index contributed by atoms with van der Waals surface area (Å²) in [6.45, 7) is 3.90. The number of aromatic hydroxyl groups is 1. The molecule has 7 heteroatoms. The van der Waals surface area contributed by atoms with E-state index in [0.29, 0.717) is 18.7 Å². The fourth-order valence-electron chi connectivity index (χ4n) is 3.50. The maximum atomic E-state index is 12.5. The van der Waals surface area contributed by atoms with Crippen molar-refractivity contribution in [2.45, 2.75) is 6.42 Å². The molecule has 2 aromatic heterocycles. The van der Waals surface area contributed by atoms with Crippen LogP contribution in [0, 0.1) is 0 Å². The number of aromatic nitrogens is 2. The summed E-state index contributed by atoms with van der Waals surface area (Å²) in [6, 6.07) is 18.5. The largest absolute Gasteiger partial charge is 0.508 e. The summed E-state index contributed by atoms with van der Waals surface area (Å²) in [6.07, 6.45) is 2.51. The highest BCUT2D eigenvalue weighted by atomic mass is 16.3. The molecule has 0 saturated carbocycles. The van der Waals surface area contributed by atoms with Gasteiger partial charge in [-0.2, -0.15) is 0 Å². The smallest absolute Gasteiger partial charge is 0.269 e. The molecule has 0 bridgehead atoms. The molecule has 0 aliphatic carbocycles. The Hall–Kier alpha value is -3.61. The van der Waals surface area contributed by atoms with E-state index < -0.39 is 0 Å². The Kier molecular flexibility index (Phi) is 6.08. The third-order valence-electron chi connectivity index (χ3n) is 5.18. The molecule has 0 radical (unpaired) electrons. The summed E-state index contributed by atoms with van der Waals surface area (Å²) < 4.78 is 0. The Morgan fingerprint density at radius 2 is 1.60 bits per heavy atom. The number of benzene rings is 1. The number of rotatable bonds is 6. The highest BCUT2D eigenvalue weighted by molar-refractivity contribution is 5.92. The van der Waals surface area contributed by atoms with Crippen molar-refractivity contribution >= 4 is 17.5 Å². The molecule has 1 amide bonds. The Morgan fingerprint density at radius 3 is 2.30 bits per heavy atom. The van der Waals surface area contributed by atoms with Crippen LogP contribution in [0.15, 0.2) is 66.9 Å². The van der Waals surface area contributed by atoms with E-state index in [1.165, 1.54) is 0 Å². The number of hydrogen-bond acceptors (Lipinski definition) is 6. The van der Waals surface area contributed by atoms with E-state index in [1.807, 2.05) is 48.7 Å². The topological polar surface area (TPSA) is 81.6 Å². The number of carbonyl (C=O) groups is 1. The van der Waals surface area contributed by atoms with Crippen molar-refractivity contribution in [3.05, 3.63) is 78.1 Å². The van der Waals surface area contributed by atoms with Gasteiger partial charge in [-0.1, -0.05) is 24.3 Å². The zero-order chi connectivity index (χ0) is 20.8. The van der Waals surface area contributed by atoms with Crippen LogP contribution in [0.25, 0.3) is 0 Å². The molecule has 30 heavy (non-hydrogen) atoms. The third-order valence-corrected chi connectivity index (χ3v) is 5.18. The molecule has 4 rings (SSSR count). The summed E-state index contributed by atoms with van der Waals surface area (Å²) in [5.74, 6) is 1.88. The first kappa shape index (κ1) is 19.7. The van der Waals surface area contributed by atoms with Gasteiger partial charge in [0.15, 0.2) is 0 Å². The summed E-state index contributed by atoms with van der Waals surface area (Å²) in [7, 11) is 0. The van der Waals surface area contributed by atoms with Crippen LogP contribution in [0.4, 0.5) is 11.6 Å². The minimum absolute atomic E-state index is 0.178. The first-order chi connectivity index (χ1) is 14.7. The number of nitrogens with zero attached hydrogens (tertiary/aromatic N) is 4. The second-order valence-corrected chi connectivity index (χ2v) is 7.22. The zero-order valence-corrected chi connectivity index (χ0v) is 16.7. The van der Waals surface area contributed by atoms with Gasteiger partial charge in [-0.15, -0.1) is 0 Å². The number of carbonyl (C=O) groups excluding carboxylic acids is 1. The van der Waals surface area contributed by atoms with Crippen molar-refractivity contribution in [2.75, 3.05) is 42.5 Å². The molecule has 2 N–H and O–H groups in total. The Bertz CT molecular complexity index is 970. The minimum Gasteiger partial charge on any atom is -0.508 e. The maximum Gasteiger partial charge on any atom is 0.269 e. The number of nitrogens with one attached hydrogen (secondary N) is 1. The van der Waals surface area contributed by atoms with Crippen LogP contribution in [0.2, 0.25) is 0 Å². The van der Waals surface area contributed by atoms with Gasteiger partial charge in [0.2, 0.25) is 0 Å². The number of hydrogen-bond donors (Lipinski definition) is 2. The number of phenols is 1. The molecule has 1 aliphatic heterocycles. The quantitative estimate of drug-likeness (QED) is 0.658. The van der Waals surface area contributed by atoms with Gasteiger partial charge in [0.25, 0.3) is 5.91 Å². The van der Waals surface area contributed by atoms with Gasteiger partial charge in [0, 0.05) is 38.9 Å². The zero-order valence-electron chi connectivity index (χ0n) is 16.7. The average Bonchev–Trinajstić information content (AvgIpc) is 2.81. The summed E-state index contributed by atoms with van der Waals surface area (Å²) in [5.41, 5.74) is 1.48. The molecule has 1 fully saturated rings. The molecule has 0 spiro atoms. The molecule has 154 valence electrons. The van der Waals surface area contributed by atoms with Gasteiger partial charge in [-0.25, -0.2) is 9.97 Å². The average molecular weight is 403 g/mol. The lowest BCUT2D eigenvalue weighted by molar-refractivity contribution is 0.0949. The van der Waals surface area contributed by atoms with E-state index in [9.17, 15) is 9.90 Å². The van der Waals surface area contributed by atoms with E-state index in [-0.39, 0.29) is 11.7 Å². The summed E-state index contributed by atoms with van der Waals surface area (Å²) in [5, 5.41) is 12.3. The van der Waals surface area contributed by atoms with Crippen LogP contribution in [0.1, 0.15) is 16.1 Å². The van der Waals surface area contributed by atoms with Crippen molar-refractivity contribution in [3.63, 3.8) is 0 Å². The number of pyridine rings is 2. The lowest BCUT2D eigenvalue weighted by Gasteiger charge is -2.36. The Morgan fingerprint density at radius 1 is 0.900 bits per heavy atom. The highest BCUT2D eigenvalue weighted by Gasteiger charge is 2.19. The molecule has 1 aliphatic rings. The van der Waals surface area contributed by atoms with E-state index in [0.717, 1.165) is 43.4 Å². The second kappa shape index (κ2) is 9.26. The van der Waals surface area contributed by atoms with Crippen LogP contribution < -0.4 is 15.1 Å². The fourth-order valence-corrected chi connectivity index (χ4v) is 3.50. The van der Waals surface area contributed by atoms with Crippen LogP contribution in [-0.4, -0.2) is 53.7 Å². The van der Waals surface area contributed by atoms with Gasteiger partial charge in [-0.05, 0) is 48.4 Å². The lowest BCUT2D eigenvalue weighted by Crippen LogP contribution is -2.47. The number of phenolic OH excluding ortho intramolecular Hbond substituents is 1. The summed E-state index contributed by atoms with van der Waals surface area (Å²) in [4.78, 5) is 26.0. The van der Waals surface area contributed by atoms with Crippen LogP contribution >= 0.6 is 0 Å². The SMILES string of the molecule is O=C(NCCc1ccc(O)cc1)c1cccc(N2CCN(c3ccccn3)CC2)n1. The predicted octanol–water partition coefficient (Wildman–Crippen LogP) is 2.48. The number of piperazine rings is 1. The molecule has 3 heterocycles. The van der Waals surface area contributed by atoms with Gasteiger partial charge >= 0.3 is 0 Å². The molecule has 0 atom stereocenters. The van der Waals surface area contributed by atoms with Crippen molar-refractivity contribution < 1.29 is 9.90 Å². The van der Waals surface area contributed by atoms with Crippen LogP contribution in [0.5, 0.6) is 5.75 Å². The molecule has 0 unspecified atom stereocenters. The van der Waals surface area contributed by atoms with E-state index >= 15 is 0 Å². The predicted molar refractivity (Wildman–Crippen MR) is 117 cm³/mol. The van der Waals surface area contributed by atoms with Gasteiger partial charge in [-0.3, -0.25) is 4.79 Å². The van der Waals surface area contributed by atoms with Crippen molar-refractivity contribution in [2.24, 2.45) is 0 Å². The molecular weight excluding hydrogens is 378 g/mol. The van der Waals surface area contributed by atoms with Gasteiger partial charge in [0.05, 0.1) is 0 Å². The first-order valence-electron chi connectivity index (χ1n) is 10.1. The van der Waals surface area contributed by atoms with E-state index in [2.05, 4.69) is 25.1 Å². The van der Waals surface area contributed by atoms with Gasteiger partial charge < -0.3 is 20.2 Å². The van der Waals surface area contributed by atoms with Crippen molar-refractivity contribution in [1.29, 1.82) is 0 Å². The maximum absolute atomic E-state index is 12.5. The van der Waals surface area contributed by atoms with Crippen LogP contribution in [-0.2, 0) is 6.42 Å². The van der Waals surface area contributed by atoms with Crippen LogP contribution in [0.3, 0.4) is 0 Å². The molecule has 7 nitrogen and oxygen atoms in total. The minimum atomic E-state index is -0.178. The highest BCUT2D eigenvalue weighted by Crippen LogP contribution is 2.18. The first-order valence-corrected chi connectivity index (χ1v) is 10.1. The molecule has 1 saturated heterocycles. The molecule has 1 aromatic carbocycles. The van der Waals surface area contributed by atoms with E-state index in [1.54, 1.807) is 18.2 Å².